The summed E-state index contributed by atoms with van der Waals surface area (Å²) in [5, 5.41) is 9.22. The number of nitrogens with one attached hydrogen (secondary N) is 3. The maximum atomic E-state index is 12.4. The topological polar surface area (TPSA) is 118 Å². The van der Waals surface area contributed by atoms with E-state index in [4.69, 9.17) is 9.47 Å². The zero-order valence-corrected chi connectivity index (χ0v) is 21.3. The summed E-state index contributed by atoms with van der Waals surface area (Å²) in [6, 6.07) is 17.8. The van der Waals surface area contributed by atoms with Crippen molar-refractivity contribution in [2.24, 2.45) is 5.10 Å². The van der Waals surface area contributed by atoms with Gasteiger partial charge >= 0.3 is 11.8 Å². The molecule has 0 aliphatic rings. The lowest BCUT2D eigenvalue weighted by molar-refractivity contribution is -0.136. The van der Waals surface area contributed by atoms with Gasteiger partial charge in [-0.25, -0.2) is 5.43 Å². The number of carbonyl (C=O) groups is 3. The van der Waals surface area contributed by atoms with Gasteiger partial charge in [0.2, 0.25) is 0 Å². The van der Waals surface area contributed by atoms with Crippen molar-refractivity contribution in [1.29, 1.82) is 0 Å². The zero-order chi connectivity index (χ0) is 26.8. The third kappa shape index (κ3) is 7.93. The highest BCUT2D eigenvalue weighted by molar-refractivity contribution is 6.39. The lowest BCUT2D eigenvalue weighted by Gasteiger charge is -2.14. The fourth-order valence-electron chi connectivity index (χ4n) is 3.36. The predicted octanol–water partition coefficient (Wildman–Crippen LogP) is 4.12. The number of hydrazone groups is 1. The smallest absolute Gasteiger partial charge is 0.329 e. The van der Waals surface area contributed by atoms with Crippen LogP contribution in [0.15, 0.2) is 65.8 Å². The molecule has 0 unspecified atom stereocenters. The first kappa shape index (κ1) is 26.9. The molecular weight excluding hydrogens is 472 g/mol. The predicted molar refractivity (Wildman–Crippen MR) is 143 cm³/mol. The molecule has 3 N–H and O–H groups in total. The van der Waals surface area contributed by atoms with Crippen LogP contribution in [0.3, 0.4) is 0 Å². The number of rotatable bonds is 9. The fraction of sp³-hybridized carbons (Fsp3) is 0.214. The number of anilines is 2. The maximum Gasteiger partial charge on any atom is 0.329 e. The molecule has 0 fully saturated rings. The number of ether oxygens (including phenoxy) is 2. The van der Waals surface area contributed by atoms with Gasteiger partial charge < -0.3 is 20.1 Å². The van der Waals surface area contributed by atoms with E-state index in [-0.39, 0.29) is 12.5 Å². The Kier molecular flexibility index (Phi) is 9.37. The number of carbonyl (C=O) groups excluding carboxylic acids is 3. The molecule has 0 aliphatic carbocycles. The van der Waals surface area contributed by atoms with Gasteiger partial charge in [-0.15, -0.1) is 0 Å². The van der Waals surface area contributed by atoms with Gasteiger partial charge in [0.15, 0.2) is 18.1 Å². The molecule has 37 heavy (non-hydrogen) atoms. The Morgan fingerprint density at radius 3 is 2.22 bits per heavy atom. The number of benzene rings is 3. The van der Waals surface area contributed by atoms with Crippen molar-refractivity contribution in [2.45, 2.75) is 27.7 Å². The Morgan fingerprint density at radius 2 is 1.54 bits per heavy atom. The van der Waals surface area contributed by atoms with Crippen molar-refractivity contribution < 1.29 is 23.9 Å². The van der Waals surface area contributed by atoms with E-state index in [1.165, 1.54) is 6.21 Å². The van der Waals surface area contributed by atoms with E-state index in [9.17, 15) is 14.4 Å². The van der Waals surface area contributed by atoms with Crippen LogP contribution in [0.2, 0.25) is 0 Å². The Labute approximate surface area is 215 Å². The van der Waals surface area contributed by atoms with Gasteiger partial charge in [0.05, 0.1) is 12.8 Å². The molecule has 0 spiro atoms. The van der Waals surface area contributed by atoms with Gasteiger partial charge in [-0.3, -0.25) is 14.4 Å². The summed E-state index contributed by atoms with van der Waals surface area (Å²) in [6.45, 7) is 7.78. The SMILES string of the molecule is CCOc1cc(/C=N\NC(=O)C(=O)Nc2ccc(C)cc2)ccc1OCC(=O)Nc1c(C)cccc1C. The minimum Gasteiger partial charge on any atom is -0.490 e. The largest absolute Gasteiger partial charge is 0.490 e. The molecule has 3 aromatic rings. The average molecular weight is 503 g/mol. The molecule has 0 radical (unpaired) electrons. The Morgan fingerprint density at radius 1 is 0.838 bits per heavy atom. The molecule has 9 heteroatoms. The summed E-state index contributed by atoms with van der Waals surface area (Å²) < 4.78 is 11.3. The first-order valence-electron chi connectivity index (χ1n) is 11.7. The second-order valence-corrected chi connectivity index (χ2v) is 8.26. The van der Waals surface area contributed by atoms with Crippen molar-refractivity contribution in [3.63, 3.8) is 0 Å². The summed E-state index contributed by atoms with van der Waals surface area (Å²) >= 11 is 0. The molecule has 3 rings (SSSR count). The number of aryl methyl sites for hydroxylation is 3. The lowest BCUT2D eigenvalue weighted by atomic mass is 10.1. The average Bonchev–Trinajstić information content (AvgIpc) is 2.87. The Bertz CT molecular complexity index is 1280. The maximum absolute atomic E-state index is 12.4. The number of hydrogen-bond acceptors (Lipinski definition) is 6. The standard InChI is InChI=1S/C28H30N4O5/c1-5-36-24-15-21(16-29-32-28(35)27(34)30-22-12-9-18(2)10-13-22)11-14-23(24)37-17-25(33)31-26-19(3)7-6-8-20(26)4/h6-16H,5,17H2,1-4H3,(H,30,34)(H,31,33)(H,32,35)/b29-16-. The van der Waals surface area contributed by atoms with Gasteiger partial charge in [-0.05, 0) is 74.7 Å². The highest BCUT2D eigenvalue weighted by atomic mass is 16.5. The third-order valence-corrected chi connectivity index (χ3v) is 5.27. The summed E-state index contributed by atoms with van der Waals surface area (Å²) in [6.07, 6.45) is 1.37. The number of nitrogens with zero attached hydrogens (tertiary/aromatic N) is 1. The van der Waals surface area contributed by atoms with Gasteiger partial charge in [-0.2, -0.15) is 5.10 Å². The van der Waals surface area contributed by atoms with Crippen molar-refractivity contribution in [2.75, 3.05) is 23.8 Å². The van der Waals surface area contributed by atoms with Crippen molar-refractivity contribution in [1.82, 2.24) is 5.43 Å². The summed E-state index contributed by atoms with van der Waals surface area (Å²) in [5.74, 6) is -1.24. The van der Waals surface area contributed by atoms with Gasteiger partial charge in [0.25, 0.3) is 5.91 Å². The van der Waals surface area contributed by atoms with E-state index < -0.39 is 11.8 Å². The van der Waals surface area contributed by atoms with E-state index in [0.29, 0.717) is 29.4 Å². The van der Waals surface area contributed by atoms with Crippen LogP contribution in [0.5, 0.6) is 11.5 Å². The normalized spacial score (nSPS) is 10.6. The lowest BCUT2D eigenvalue weighted by Crippen LogP contribution is -2.32. The number of para-hydroxylation sites is 1. The van der Waals surface area contributed by atoms with E-state index >= 15 is 0 Å². The fourth-order valence-corrected chi connectivity index (χ4v) is 3.36. The quantitative estimate of drug-likeness (QED) is 0.231. The van der Waals surface area contributed by atoms with Gasteiger partial charge in [-0.1, -0.05) is 35.9 Å². The molecule has 0 saturated heterocycles. The van der Waals surface area contributed by atoms with Crippen LogP contribution in [-0.2, 0) is 14.4 Å². The van der Waals surface area contributed by atoms with Gasteiger partial charge in [0, 0.05) is 11.4 Å². The Balaban J connectivity index is 1.57. The van der Waals surface area contributed by atoms with E-state index in [2.05, 4.69) is 21.2 Å². The molecule has 0 bridgehead atoms. The number of hydrogen-bond donors (Lipinski definition) is 3. The first-order valence-corrected chi connectivity index (χ1v) is 11.7. The van der Waals surface area contributed by atoms with Crippen molar-refractivity contribution in [3.05, 3.63) is 82.9 Å². The highest BCUT2D eigenvalue weighted by Gasteiger charge is 2.13. The minimum atomic E-state index is -0.906. The van der Waals surface area contributed by atoms with E-state index in [1.807, 2.05) is 58.0 Å². The molecule has 0 saturated carbocycles. The second kappa shape index (κ2) is 12.9. The van der Waals surface area contributed by atoms with Crippen molar-refractivity contribution in [3.8, 4) is 11.5 Å². The molecule has 0 aromatic heterocycles. The molecule has 192 valence electrons. The molecule has 0 aliphatic heterocycles. The highest BCUT2D eigenvalue weighted by Crippen LogP contribution is 2.28. The van der Waals surface area contributed by atoms with E-state index in [0.717, 1.165) is 22.4 Å². The molecule has 0 heterocycles. The minimum absolute atomic E-state index is 0.201. The molecule has 9 nitrogen and oxygen atoms in total. The van der Waals surface area contributed by atoms with Crippen LogP contribution < -0.4 is 25.5 Å². The number of amides is 3. The molecule has 3 aromatic carbocycles. The summed E-state index contributed by atoms with van der Waals surface area (Å²) in [7, 11) is 0. The Hall–Kier alpha value is -4.66. The van der Waals surface area contributed by atoms with Crippen LogP contribution in [0, 0.1) is 20.8 Å². The molecule has 0 atom stereocenters. The molecule has 3 amide bonds. The summed E-state index contributed by atoms with van der Waals surface area (Å²) in [4.78, 5) is 36.5. The zero-order valence-electron chi connectivity index (χ0n) is 21.3. The summed E-state index contributed by atoms with van der Waals surface area (Å²) in [5.41, 5.74) is 7.03. The third-order valence-electron chi connectivity index (χ3n) is 5.27. The van der Waals surface area contributed by atoms with Crippen LogP contribution >= 0.6 is 0 Å². The van der Waals surface area contributed by atoms with Crippen molar-refractivity contribution >= 4 is 35.3 Å². The van der Waals surface area contributed by atoms with E-state index in [1.54, 1.807) is 30.3 Å². The first-order chi connectivity index (χ1) is 17.8. The van der Waals surface area contributed by atoms with Crippen LogP contribution in [0.1, 0.15) is 29.2 Å². The van der Waals surface area contributed by atoms with Crippen LogP contribution in [0.25, 0.3) is 0 Å². The van der Waals surface area contributed by atoms with Crippen LogP contribution in [-0.4, -0.2) is 37.1 Å². The van der Waals surface area contributed by atoms with Gasteiger partial charge in [0.1, 0.15) is 0 Å². The monoisotopic (exact) mass is 502 g/mol. The molecular formula is C28H30N4O5. The van der Waals surface area contributed by atoms with Crippen LogP contribution in [0.4, 0.5) is 11.4 Å². The second-order valence-electron chi connectivity index (χ2n) is 8.26.